The van der Waals surface area contributed by atoms with E-state index >= 15 is 0 Å². The van der Waals surface area contributed by atoms with Crippen molar-refractivity contribution in [2.75, 3.05) is 39.0 Å². The summed E-state index contributed by atoms with van der Waals surface area (Å²) in [5.74, 6) is -0.145. The van der Waals surface area contributed by atoms with Crippen molar-refractivity contribution < 1.29 is 23.4 Å². The highest BCUT2D eigenvalue weighted by Crippen LogP contribution is 2.37. The van der Waals surface area contributed by atoms with E-state index in [0.717, 1.165) is 22.1 Å². The SMILES string of the molecule is CN(CCCS(=O)(=O)N1CCC(c2c[nH]c3c(C(N)=O)cc(-c4ccccc4)cc23)CC1)CC(O)c1ccc(O)cc1. The average molecular weight is 591 g/mol. The first kappa shape index (κ1) is 29.8. The Hall–Kier alpha value is -3.70. The molecule has 0 aliphatic carbocycles. The van der Waals surface area contributed by atoms with Gasteiger partial charge in [0.05, 0.1) is 22.9 Å². The fraction of sp³-hybridized carbons (Fsp3) is 0.344. The molecule has 222 valence electrons. The Morgan fingerprint density at radius 2 is 1.76 bits per heavy atom. The Morgan fingerprint density at radius 1 is 1.07 bits per heavy atom. The summed E-state index contributed by atoms with van der Waals surface area (Å²) in [4.78, 5) is 17.5. The van der Waals surface area contributed by atoms with Gasteiger partial charge in [0.2, 0.25) is 10.0 Å². The standard InChI is InChI=1S/C32H38N4O5S/c1-35(21-30(38)24-8-10-26(37)11-9-24)14-5-17-42(40,41)36-15-12-23(13-16-36)29-20-34-31-27(29)18-25(19-28(31)32(33)39)22-6-3-2-4-7-22/h2-4,6-11,18-20,23,30,34,37-38H,5,12-17,21H2,1H3,(H2,33,39). The Bertz CT molecular complexity index is 1630. The van der Waals surface area contributed by atoms with Crippen LogP contribution in [-0.4, -0.2) is 77.7 Å². The number of aromatic hydroxyl groups is 1. The number of amides is 1. The van der Waals surface area contributed by atoms with Gasteiger partial charge < -0.3 is 25.8 Å². The van der Waals surface area contributed by atoms with E-state index in [4.69, 9.17) is 5.73 Å². The van der Waals surface area contributed by atoms with Crippen molar-refractivity contribution in [1.82, 2.24) is 14.2 Å². The molecular formula is C32H38N4O5S. The summed E-state index contributed by atoms with van der Waals surface area (Å²) in [6, 6.07) is 20.2. The van der Waals surface area contributed by atoms with Gasteiger partial charge in [0.15, 0.2) is 0 Å². The number of fused-ring (bicyclic) bond motifs is 1. The Morgan fingerprint density at radius 3 is 2.43 bits per heavy atom. The number of carbonyl (C=O) groups excluding carboxylic acids is 1. The number of sulfonamides is 1. The third-order valence-corrected chi connectivity index (χ3v) is 10.1. The number of aromatic amines is 1. The quantitative estimate of drug-likeness (QED) is 0.206. The van der Waals surface area contributed by atoms with E-state index in [1.165, 1.54) is 12.1 Å². The molecule has 1 saturated heterocycles. The second-order valence-corrected chi connectivity index (χ2v) is 13.2. The third-order valence-electron chi connectivity index (χ3n) is 8.19. The molecule has 5 rings (SSSR count). The lowest BCUT2D eigenvalue weighted by Crippen LogP contribution is -2.39. The average Bonchev–Trinajstić information content (AvgIpc) is 3.41. The summed E-state index contributed by atoms with van der Waals surface area (Å²) in [6.45, 7) is 1.78. The first-order valence-corrected chi connectivity index (χ1v) is 15.9. The van der Waals surface area contributed by atoms with Crippen LogP contribution >= 0.6 is 0 Å². The summed E-state index contributed by atoms with van der Waals surface area (Å²) in [5, 5.41) is 20.8. The van der Waals surface area contributed by atoms with Gasteiger partial charge in [0.25, 0.3) is 5.91 Å². The topological polar surface area (TPSA) is 140 Å². The minimum Gasteiger partial charge on any atom is -0.508 e. The Labute approximate surface area is 246 Å². The van der Waals surface area contributed by atoms with Crippen molar-refractivity contribution in [2.45, 2.75) is 31.3 Å². The largest absolute Gasteiger partial charge is 0.508 e. The zero-order chi connectivity index (χ0) is 29.9. The zero-order valence-corrected chi connectivity index (χ0v) is 24.6. The smallest absolute Gasteiger partial charge is 0.250 e. The number of nitrogens with two attached hydrogens (primary N) is 1. The number of aromatic nitrogens is 1. The number of phenols is 1. The summed E-state index contributed by atoms with van der Waals surface area (Å²) in [5.41, 5.74) is 10.6. The van der Waals surface area contributed by atoms with Gasteiger partial charge in [-0.1, -0.05) is 42.5 Å². The predicted molar refractivity (Wildman–Crippen MR) is 165 cm³/mol. The molecule has 1 aromatic heterocycles. The minimum absolute atomic E-state index is 0.0484. The van der Waals surface area contributed by atoms with Crippen LogP contribution in [0, 0.1) is 0 Å². The monoisotopic (exact) mass is 590 g/mol. The normalized spacial score (nSPS) is 15.8. The molecule has 0 spiro atoms. The molecule has 5 N–H and O–H groups in total. The number of benzene rings is 3. The van der Waals surface area contributed by atoms with Crippen molar-refractivity contribution in [3.63, 3.8) is 0 Å². The maximum atomic E-state index is 13.1. The van der Waals surface area contributed by atoms with Crippen molar-refractivity contribution in [1.29, 1.82) is 0 Å². The number of hydrogen-bond donors (Lipinski definition) is 4. The highest BCUT2D eigenvalue weighted by Gasteiger charge is 2.30. The van der Waals surface area contributed by atoms with Gasteiger partial charge in [-0.3, -0.25) is 4.79 Å². The number of phenolic OH excluding ortho intramolecular Hbond substituents is 1. The third kappa shape index (κ3) is 6.68. The molecule has 1 aliphatic rings. The van der Waals surface area contributed by atoms with E-state index in [2.05, 4.69) is 11.1 Å². The number of hydrogen-bond acceptors (Lipinski definition) is 6. The van der Waals surface area contributed by atoms with E-state index < -0.39 is 22.0 Å². The molecule has 1 amide bonds. The van der Waals surface area contributed by atoms with Gasteiger partial charge in [0.1, 0.15) is 5.75 Å². The summed E-state index contributed by atoms with van der Waals surface area (Å²) >= 11 is 0. The van der Waals surface area contributed by atoms with E-state index in [9.17, 15) is 23.4 Å². The maximum Gasteiger partial charge on any atom is 0.250 e. The molecule has 1 fully saturated rings. The molecule has 4 aromatic rings. The van der Waals surface area contributed by atoms with Crippen molar-refractivity contribution in [3.8, 4) is 16.9 Å². The lowest BCUT2D eigenvalue weighted by molar-refractivity contribution is 0.100. The number of piperidine rings is 1. The molecular weight excluding hydrogens is 552 g/mol. The van der Waals surface area contributed by atoms with Crippen molar-refractivity contribution in [2.24, 2.45) is 5.73 Å². The molecule has 1 unspecified atom stereocenters. The number of primary amides is 1. The minimum atomic E-state index is -3.41. The second kappa shape index (κ2) is 12.7. The van der Waals surface area contributed by atoms with Gasteiger partial charge in [-0.15, -0.1) is 0 Å². The van der Waals surface area contributed by atoms with E-state index in [1.54, 1.807) is 16.4 Å². The highest BCUT2D eigenvalue weighted by molar-refractivity contribution is 7.89. The van der Waals surface area contributed by atoms with E-state index in [1.807, 2.05) is 54.5 Å². The number of carbonyl (C=O) groups is 1. The maximum absolute atomic E-state index is 13.1. The van der Waals surface area contributed by atoms with Crippen LogP contribution in [0.1, 0.15) is 52.8 Å². The molecule has 42 heavy (non-hydrogen) atoms. The Balaban J connectivity index is 1.19. The predicted octanol–water partition coefficient (Wildman–Crippen LogP) is 4.20. The molecule has 0 radical (unpaired) electrons. The van der Waals surface area contributed by atoms with Crippen LogP contribution in [0.2, 0.25) is 0 Å². The molecule has 1 aliphatic heterocycles. The summed E-state index contributed by atoms with van der Waals surface area (Å²) in [6.07, 6.45) is 3.04. The fourth-order valence-electron chi connectivity index (χ4n) is 5.86. The number of likely N-dealkylation sites (N-methyl/N-ethyl adjacent to an activating group) is 1. The lowest BCUT2D eigenvalue weighted by Gasteiger charge is -2.31. The van der Waals surface area contributed by atoms with E-state index in [0.29, 0.717) is 62.1 Å². The van der Waals surface area contributed by atoms with Crippen LogP contribution in [-0.2, 0) is 10.0 Å². The van der Waals surface area contributed by atoms with Gasteiger partial charge in [-0.2, -0.15) is 0 Å². The van der Waals surface area contributed by atoms with E-state index in [-0.39, 0.29) is 17.4 Å². The Kier molecular flexibility index (Phi) is 8.98. The number of nitrogens with zero attached hydrogens (tertiary/aromatic N) is 2. The van der Waals surface area contributed by atoms with Crippen LogP contribution in [0.25, 0.3) is 22.0 Å². The van der Waals surface area contributed by atoms with Gasteiger partial charge in [0, 0.05) is 31.2 Å². The molecule has 9 nitrogen and oxygen atoms in total. The fourth-order valence-corrected chi connectivity index (χ4v) is 7.38. The first-order valence-electron chi connectivity index (χ1n) is 14.3. The molecule has 0 bridgehead atoms. The lowest BCUT2D eigenvalue weighted by atomic mass is 9.88. The van der Waals surface area contributed by atoms with Crippen molar-refractivity contribution >= 4 is 26.8 Å². The van der Waals surface area contributed by atoms with Crippen LogP contribution in [0.15, 0.2) is 72.9 Å². The molecule has 3 aromatic carbocycles. The van der Waals surface area contributed by atoms with Crippen molar-refractivity contribution in [3.05, 3.63) is 89.6 Å². The number of aliphatic hydroxyl groups excluding tert-OH is 1. The summed E-state index contributed by atoms with van der Waals surface area (Å²) < 4.78 is 27.9. The number of rotatable bonds is 11. The zero-order valence-electron chi connectivity index (χ0n) is 23.7. The summed E-state index contributed by atoms with van der Waals surface area (Å²) in [7, 11) is -1.56. The molecule has 1 atom stereocenters. The molecule has 10 heteroatoms. The van der Waals surface area contributed by atoms with Gasteiger partial charge in [-0.25, -0.2) is 12.7 Å². The van der Waals surface area contributed by atoms with Crippen LogP contribution < -0.4 is 5.73 Å². The molecule has 0 saturated carbocycles. The molecule has 2 heterocycles. The van der Waals surface area contributed by atoms with Gasteiger partial charge in [-0.05, 0) is 85.3 Å². The number of nitrogens with one attached hydrogen (secondary N) is 1. The number of H-pyrrole nitrogens is 1. The first-order chi connectivity index (χ1) is 20.1. The van der Waals surface area contributed by atoms with Crippen LogP contribution in [0.3, 0.4) is 0 Å². The highest BCUT2D eigenvalue weighted by atomic mass is 32.2. The van der Waals surface area contributed by atoms with Crippen LogP contribution in [0.5, 0.6) is 5.75 Å². The van der Waals surface area contributed by atoms with Crippen LogP contribution in [0.4, 0.5) is 0 Å². The number of aliphatic hydroxyl groups is 1. The van der Waals surface area contributed by atoms with Gasteiger partial charge >= 0.3 is 0 Å². The second-order valence-electron chi connectivity index (χ2n) is 11.1.